The quantitative estimate of drug-likeness (QED) is 0.619. The Morgan fingerprint density at radius 3 is 2.67 bits per heavy atom. The lowest BCUT2D eigenvalue weighted by Crippen LogP contribution is -2.12. The lowest BCUT2D eigenvalue weighted by Gasteiger charge is -2.05. The van der Waals surface area contributed by atoms with Gasteiger partial charge in [0, 0.05) is 25.4 Å². The number of aryl methyl sites for hydroxylation is 2. The van der Waals surface area contributed by atoms with Crippen molar-refractivity contribution >= 4 is 35.7 Å². The molecule has 0 aliphatic carbocycles. The van der Waals surface area contributed by atoms with Crippen molar-refractivity contribution in [1.82, 2.24) is 4.57 Å². The fraction of sp³-hybridized carbons (Fsp3) is 0.294. The number of ether oxygens (including phenoxy) is 1. The number of aromatic nitrogens is 1. The molecule has 0 aliphatic rings. The summed E-state index contributed by atoms with van der Waals surface area (Å²) in [6, 6.07) is 9.08. The van der Waals surface area contributed by atoms with Crippen molar-refractivity contribution < 1.29 is 14.3 Å². The molecule has 130 valence electrons. The molecule has 1 heterocycles. The second kappa shape index (κ2) is 8.98. The Morgan fingerprint density at radius 2 is 2.00 bits per heavy atom. The van der Waals surface area contributed by atoms with Gasteiger partial charge in [0.15, 0.2) is 0 Å². The molecule has 1 aromatic carbocycles. The van der Waals surface area contributed by atoms with Gasteiger partial charge in [0.2, 0.25) is 5.91 Å². The van der Waals surface area contributed by atoms with Crippen LogP contribution in [0, 0.1) is 0 Å². The van der Waals surface area contributed by atoms with Crippen molar-refractivity contribution in [1.29, 1.82) is 0 Å². The van der Waals surface area contributed by atoms with Crippen LogP contribution in [0.25, 0.3) is 0 Å². The van der Waals surface area contributed by atoms with E-state index in [1.54, 1.807) is 30.8 Å². The van der Waals surface area contributed by atoms with Crippen LogP contribution in [0.2, 0.25) is 0 Å². The molecule has 0 aliphatic heterocycles. The first-order chi connectivity index (χ1) is 11.0. The van der Waals surface area contributed by atoms with Crippen LogP contribution in [0.4, 0.5) is 11.4 Å². The zero-order valence-electron chi connectivity index (χ0n) is 13.7. The van der Waals surface area contributed by atoms with Gasteiger partial charge in [-0.2, -0.15) is 0 Å². The molecule has 2 rings (SSSR count). The highest BCUT2D eigenvalue weighted by atomic mass is 35.5. The molecule has 0 spiro atoms. The lowest BCUT2D eigenvalue weighted by atomic mass is 10.1. The predicted octanol–water partition coefficient (Wildman–Crippen LogP) is 2.78. The van der Waals surface area contributed by atoms with Crippen LogP contribution in [0.3, 0.4) is 0 Å². The van der Waals surface area contributed by atoms with Crippen molar-refractivity contribution in [3.05, 3.63) is 47.8 Å². The molecule has 2 aromatic rings. The lowest BCUT2D eigenvalue weighted by molar-refractivity contribution is -0.116. The van der Waals surface area contributed by atoms with Gasteiger partial charge in [-0.05, 0) is 31.0 Å². The number of benzene rings is 1. The number of nitrogens with zero attached hydrogens (tertiary/aromatic N) is 1. The van der Waals surface area contributed by atoms with Crippen molar-refractivity contribution in [3.8, 4) is 0 Å². The van der Waals surface area contributed by atoms with Gasteiger partial charge in [-0.3, -0.25) is 4.79 Å². The summed E-state index contributed by atoms with van der Waals surface area (Å²) >= 11 is 0. The molecular weight excluding hydrogens is 330 g/mol. The highest BCUT2D eigenvalue weighted by molar-refractivity contribution is 5.94. The summed E-state index contributed by atoms with van der Waals surface area (Å²) in [5.41, 5.74) is 8.46. The third-order valence-corrected chi connectivity index (χ3v) is 3.45. The van der Waals surface area contributed by atoms with E-state index >= 15 is 0 Å². The second-order valence-electron chi connectivity index (χ2n) is 5.19. The van der Waals surface area contributed by atoms with Gasteiger partial charge in [-0.25, -0.2) is 4.79 Å². The molecule has 0 atom stereocenters. The first kappa shape index (κ1) is 19.6. The smallest absolute Gasteiger partial charge is 0.355 e. The van der Waals surface area contributed by atoms with Gasteiger partial charge >= 0.3 is 5.97 Å². The van der Waals surface area contributed by atoms with Gasteiger partial charge in [0.05, 0.1) is 12.3 Å². The second-order valence-corrected chi connectivity index (χ2v) is 5.19. The summed E-state index contributed by atoms with van der Waals surface area (Å²) in [6.45, 7) is 2.06. The monoisotopic (exact) mass is 351 g/mol. The number of hydrogen-bond acceptors (Lipinski definition) is 4. The maximum Gasteiger partial charge on any atom is 0.355 e. The van der Waals surface area contributed by atoms with Gasteiger partial charge < -0.3 is 20.4 Å². The van der Waals surface area contributed by atoms with Gasteiger partial charge in [-0.15, -0.1) is 12.4 Å². The standard InChI is InChI=1S/C17H21N3O3.ClH/c1-3-23-17(22)15-10-13(11-20(15)2)19-16(21)9-8-12-6-4-5-7-14(12)18;/h4-7,10-11H,3,8-9,18H2,1-2H3,(H,19,21);1H. The number of esters is 1. The number of nitrogens with two attached hydrogens (primary N) is 1. The fourth-order valence-corrected chi connectivity index (χ4v) is 2.27. The molecular formula is C17H22ClN3O3. The van der Waals surface area contributed by atoms with E-state index in [2.05, 4.69) is 5.32 Å². The number of hydrogen-bond donors (Lipinski definition) is 2. The minimum atomic E-state index is -0.410. The van der Waals surface area contributed by atoms with Crippen LogP contribution in [-0.2, 0) is 23.0 Å². The average Bonchev–Trinajstić information content (AvgIpc) is 2.87. The van der Waals surface area contributed by atoms with E-state index in [-0.39, 0.29) is 18.3 Å². The van der Waals surface area contributed by atoms with E-state index < -0.39 is 5.97 Å². The number of rotatable bonds is 6. The Labute approximate surface area is 147 Å². The number of para-hydroxylation sites is 1. The predicted molar refractivity (Wildman–Crippen MR) is 96.4 cm³/mol. The maximum absolute atomic E-state index is 12.0. The Morgan fingerprint density at radius 1 is 1.29 bits per heavy atom. The molecule has 0 saturated heterocycles. The van der Waals surface area contributed by atoms with E-state index in [0.29, 0.717) is 36.5 Å². The topological polar surface area (TPSA) is 86.3 Å². The normalized spacial score (nSPS) is 9.92. The Kier molecular flexibility index (Phi) is 7.32. The molecule has 0 radical (unpaired) electrons. The summed E-state index contributed by atoms with van der Waals surface area (Å²) in [5.74, 6) is -0.540. The molecule has 1 aromatic heterocycles. The summed E-state index contributed by atoms with van der Waals surface area (Å²) in [5, 5.41) is 2.78. The number of nitrogens with one attached hydrogen (secondary N) is 1. The number of nitrogen functional groups attached to an aromatic ring is 1. The van der Waals surface area contributed by atoms with E-state index in [9.17, 15) is 9.59 Å². The van der Waals surface area contributed by atoms with E-state index in [4.69, 9.17) is 10.5 Å². The van der Waals surface area contributed by atoms with E-state index in [1.165, 1.54) is 0 Å². The van der Waals surface area contributed by atoms with Gasteiger partial charge in [0.25, 0.3) is 0 Å². The minimum Gasteiger partial charge on any atom is -0.461 e. The van der Waals surface area contributed by atoms with Crippen molar-refractivity contribution in [2.75, 3.05) is 17.7 Å². The number of amides is 1. The molecule has 6 nitrogen and oxygen atoms in total. The summed E-state index contributed by atoms with van der Waals surface area (Å²) in [6.07, 6.45) is 2.56. The maximum atomic E-state index is 12.0. The van der Waals surface area contributed by atoms with Crippen LogP contribution in [-0.4, -0.2) is 23.1 Å². The first-order valence-corrected chi connectivity index (χ1v) is 7.48. The average molecular weight is 352 g/mol. The first-order valence-electron chi connectivity index (χ1n) is 7.48. The van der Waals surface area contributed by atoms with Gasteiger partial charge in [0.1, 0.15) is 5.69 Å². The van der Waals surface area contributed by atoms with Crippen LogP contribution >= 0.6 is 12.4 Å². The Bertz CT molecular complexity index is 713. The van der Waals surface area contributed by atoms with Crippen molar-refractivity contribution in [2.24, 2.45) is 7.05 Å². The van der Waals surface area contributed by atoms with Crippen molar-refractivity contribution in [3.63, 3.8) is 0 Å². The molecule has 7 heteroatoms. The SMILES string of the molecule is CCOC(=O)c1cc(NC(=O)CCc2ccccc2N)cn1C.Cl. The molecule has 0 bridgehead atoms. The molecule has 0 unspecified atom stereocenters. The van der Waals surface area contributed by atoms with Crippen LogP contribution in [0.5, 0.6) is 0 Å². The fourth-order valence-electron chi connectivity index (χ4n) is 2.27. The molecule has 0 fully saturated rings. The molecule has 1 amide bonds. The molecule has 24 heavy (non-hydrogen) atoms. The zero-order chi connectivity index (χ0) is 16.8. The van der Waals surface area contributed by atoms with E-state index in [1.807, 2.05) is 24.3 Å². The van der Waals surface area contributed by atoms with Gasteiger partial charge in [-0.1, -0.05) is 18.2 Å². The summed E-state index contributed by atoms with van der Waals surface area (Å²) in [4.78, 5) is 23.8. The highest BCUT2D eigenvalue weighted by Gasteiger charge is 2.14. The molecule has 0 saturated carbocycles. The van der Waals surface area contributed by atoms with Crippen molar-refractivity contribution in [2.45, 2.75) is 19.8 Å². The summed E-state index contributed by atoms with van der Waals surface area (Å²) < 4.78 is 6.59. The van der Waals surface area contributed by atoms with Crippen LogP contribution in [0.15, 0.2) is 36.5 Å². The largest absolute Gasteiger partial charge is 0.461 e. The zero-order valence-corrected chi connectivity index (χ0v) is 14.6. The highest BCUT2D eigenvalue weighted by Crippen LogP contribution is 2.16. The Hall–Kier alpha value is -2.47. The van der Waals surface area contributed by atoms with Crippen LogP contribution in [0.1, 0.15) is 29.4 Å². The number of halogens is 1. The molecule has 3 N–H and O–H groups in total. The third-order valence-electron chi connectivity index (χ3n) is 3.45. The number of anilines is 2. The number of carbonyl (C=O) groups is 2. The third kappa shape index (κ3) is 5.03. The summed E-state index contributed by atoms with van der Waals surface area (Å²) in [7, 11) is 1.73. The Balaban J connectivity index is 0.00000288. The van der Waals surface area contributed by atoms with Crippen LogP contribution < -0.4 is 11.1 Å². The van der Waals surface area contributed by atoms with E-state index in [0.717, 1.165) is 5.56 Å². The number of carbonyl (C=O) groups excluding carboxylic acids is 2. The minimum absolute atomic E-state index is 0.